The molecule has 2 aromatic rings. The van der Waals surface area contributed by atoms with Crippen LogP contribution in [0.5, 0.6) is 0 Å². The monoisotopic (exact) mass is 288 g/mol. The van der Waals surface area contributed by atoms with Gasteiger partial charge in [0.05, 0.1) is 6.61 Å². The molecule has 5 nitrogen and oxygen atoms in total. The van der Waals surface area contributed by atoms with Crippen LogP contribution in [-0.4, -0.2) is 22.7 Å². The largest absolute Gasteiger partial charge is 0.465 e. The third-order valence-electron chi connectivity index (χ3n) is 3.22. The smallest absolute Gasteiger partial charge is 0.318 e. The van der Waals surface area contributed by atoms with Crippen molar-refractivity contribution in [3.63, 3.8) is 0 Å². The molecule has 0 saturated carbocycles. The van der Waals surface area contributed by atoms with Gasteiger partial charge in [0.25, 0.3) is 0 Å². The minimum Gasteiger partial charge on any atom is -0.465 e. The Bertz CT molecular complexity index is 602. The molecule has 1 aromatic heterocycles. The molecule has 2 rings (SSSR count). The fraction of sp³-hybridized carbons (Fsp3) is 0.438. The third-order valence-corrected chi connectivity index (χ3v) is 3.22. The third kappa shape index (κ3) is 3.48. The first kappa shape index (κ1) is 15.2. The summed E-state index contributed by atoms with van der Waals surface area (Å²) in [5.74, 6) is -0.0439. The molecule has 0 aliphatic heterocycles. The summed E-state index contributed by atoms with van der Waals surface area (Å²) in [4.78, 5) is 16.4. The maximum absolute atomic E-state index is 12.0. The topological polar surface area (TPSA) is 65.2 Å². The SMILES string of the molecule is CCOC(=O)C(c1nc(-c2ccc(C)cc2)no1)C(C)C. The van der Waals surface area contributed by atoms with Crippen LogP contribution in [0.15, 0.2) is 28.8 Å². The zero-order chi connectivity index (χ0) is 15.4. The average Bonchev–Trinajstić information content (AvgIpc) is 2.89. The summed E-state index contributed by atoms with van der Waals surface area (Å²) in [5, 5.41) is 3.97. The number of carbonyl (C=O) groups is 1. The fourth-order valence-electron chi connectivity index (χ4n) is 2.07. The highest BCUT2D eigenvalue weighted by Crippen LogP contribution is 2.27. The molecule has 1 heterocycles. The predicted octanol–water partition coefficient (Wildman–Crippen LogP) is 3.35. The zero-order valence-electron chi connectivity index (χ0n) is 12.8. The summed E-state index contributed by atoms with van der Waals surface area (Å²) in [6.07, 6.45) is 0. The van der Waals surface area contributed by atoms with E-state index in [2.05, 4.69) is 10.1 Å². The van der Waals surface area contributed by atoms with Crippen LogP contribution < -0.4 is 0 Å². The van der Waals surface area contributed by atoms with Crippen molar-refractivity contribution in [2.75, 3.05) is 6.61 Å². The van der Waals surface area contributed by atoms with Crippen LogP contribution in [0.4, 0.5) is 0 Å². The number of ether oxygens (including phenoxy) is 1. The van der Waals surface area contributed by atoms with Crippen molar-refractivity contribution >= 4 is 5.97 Å². The van der Waals surface area contributed by atoms with Gasteiger partial charge in [-0.15, -0.1) is 0 Å². The standard InChI is InChI=1S/C16H20N2O3/c1-5-20-16(19)13(10(2)3)15-17-14(18-21-15)12-8-6-11(4)7-9-12/h6-10,13H,5H2,1-4H3. The average molecular weight is 288 g/mol. The summed E-state index contributed by atoms with van der Waals surface area (Å²) < 4.78 is 10.4. The molecule has 0 spiro atoms. The van der Waals surface area contributed by atoms with E-state index in [1.54, 1.807) is 6.92 Å². The number of hydrogen-bond donors (Lipinski definition) is 0. The Morgan fingerprint density at radius 1 is 1.29 bits per heavy atom. The molecule has 0 bridgehead atoms. The van der Waals surface area contributed by atoms with Gasteiger partial charge in [-0.05, 0) is 19.8 Å². The van der Waals surface area contributed by atoms with Gasteiger partial charge in [0.2, 0.25) is 11.7 Å². The highest BCUT2D eigenvalue weighted by molar-refractivity contribution is 5.77. The molecule has 1 atom stereocenters. The van der Waals surface area contributed by atoms with Gasteiger partial charge < -0.3 is 9.26 Å². The molecular formula is C16H20N2O3. The Morgan fingerprint density at radius 2 is 1.95 bits per heavy atom. The molecule has 0 saturated heterocycles. The molecule has 21 heavy (non-hydrogen) atoms. The number of carbonyl (C=O) groups excluding carboxylic acids is 1. The number of aryl methyl sites for hydroxylation is 1. The van der Waals surface area contributed by atoms with Crippen LogP contribution in [0, 0.1) is 12.8 Å². The van der Waals surface area contributed by atoms with Gasteiger partial charge in [-0.2, -0.15) is 4.98 Å². The van der Waals surface area contributed by atoms with Gasteiger partial charge in [0.1, 0.15) is 5.92 Å². The minimum absolute atomic E-state index is 0.0235. The number of nitrogens with zero attached hydrogens (tertiary/aromatic N) is 2. The lowest BCUT2D eigenvalue weighted by atomic mass is 9.96. The second kappa shape index (κ2) is 6.52. The number of benzene rings is 1. The lowest BCUT2D eigenvalue weighted by molar-refractivity contribution is -0.146. The van der Waals surface area contributed by atoms with E-state index >= 15 is 0 Å². The zero-order valence-corrected chi connectivity index (χ0v) is 12.8. The van der Waals surface area contributed by atoms with Crippen LogP contribution in [-0.2, 0) is 9.53 Å². The summed E-state index contributed by atoms with van der Waals surface area (Å²) >= 11 is 0. The van der Waals surface area contributed by atoms with Crippen molar-refractivity contribution in [3.8, 4) is 11.4 Å². The lowest BCUT2D eigenvalue weighted by Gasteiger charge is -2.14. The van der Waals surface area contributed by atoms with E-state index < -0.39 is 5.92 Å². The number of aromatic nitrogens is 2. The fourth-order valence-corrected chi connectivity index (χ4v) is 2.07. The van der Waals surface area contributed by atoms with E-state index in [0.717, 1.165) is 11.1 Å². The van der Waals surface area contributed by atoms with Crippen molar-refractivity contribution in [3.05, 3.63) is 35.7 Å². The first-order valence-electron chi connectivity index (χ1n) is 7.10. The summed E-state index contributed by atoms with van der Waals surface area (Å²) in [5.41, 5.74) is 2.02. The van der Waals surface area contributed by atoms with Gasteiger partial charge in [-0.1, -0.05) is 48.8 Å². The Labute approximate surface area is 124 Å². The van der Waals surface area contributed by atoms with Crippen LogP contribution in [0.2, 0.25) is 0 Å². The molecule has 0 aliphatic carbocycles. The lowest BCUT2D eigenvalue weighted by Crippen LogP contribution is -2.21. The van der Waals surface area contributed by atoms with Gasteiger partial charge in [-0.3, -0.25) is 4.79 Å². The van der Waals surface area contributed by atoms with E-state index in [4.69, 9.17) is 9.26 Å². The molecule has 0 N–H and O–H groups in total. The quantitative estimate of drug-likeness (QED) is 0.789. The second-order valence-electron chi connectivity index (χ2n) is 5.30. The molecule has 0 aliphatic rings. The van der Waals surface area contributed by atoms with E-state index in [1.807, 2.05) is 45.0 Å². The van der Waals surface area contributed by atoms with Crippen molar-refractivity contribution in [1.82, 2.24) is 10.1 Å². The Kier molecular flexibility index (Phi) is 4.73. The van der Waals surface area contributed by atoms with E-state index in [-0.39, 0.29) is 11.9 Å². The predicted molar refractivity (Wildman–Crippen MR) is 78.7 cm³/mol. The van der Waals surface area contributed by atoms with Crippen LogP contribution in [0.1, 0.15) is 38.1 Å². The normalized spacial score (nSPS) is 12.4. The van der Waals surface area contributed by atoms with E-state index in [1.165, 1.54) is 0 Å². The first-order valence-corrected chi connectivity index (χ1v) is 7.10. The van der Waals surface area contributed by atoms with Crippen molar-refractivity contribution in [2.24, 2.45) is 5.92 Å². The molecular weight excluding hydrogens is 268 g/mol. The first-order chi connectivity index (χ1) is 10.0. The van der Waals surface area contributed by atoms with Gasteiger partial charge >= 0.3 is 5.97 Å². The van der Waals surface area contributed by atoms with E-state index in [0.29, 0.717) is 18.3 Å². The Hall–Kier alpha value is -2.17. The van der Waals surface area contributed by atoms with Crippen molar-refractivity contribution < 1.29 is 14.1 Å². The van der Waals surface area contributed by atoms with Gasteiger partial charge in [0.15, 0.2) is 0 Å². The molecule has 0 fully saturated rings. The van der Waals surface area contributed by atoms with E-state index in [9.17, 15) is 4.79 Å². The van der Waals surface area contributed by atoms with Crippen molar-refractivity contribution in [1.29, 1.82) is 0 Å². The van der Waals surface area contributed by atoms with Crippen LogP contribution in [0.3, 0.4) is 0 Å². The second-order valence-corrected chi connectivity index (χ2v) is 5.30. The molecule has 1 unspecified atom stereocenters. The molecule has 0 amide bonds. The maximum atomic E-state index is 12.0. The van der Waals surface area contributed by atoms with Crippen molar-refractivity contribution in [2.45, 2.75) is 33.6 Å². The molecule has 5 heteroatoms. The minimum atomic E-state index is -0.531. The number of rotatable bonds is 5. The molecule has 112 valence electrons. The van der Waals surface area contributed by atoms with Crippen LogP contribution in [0.25, 0.3) is 11.4 Å². The maximum Gasteiger partial charge on any atom is 0.318 e. The Balaban J connectivity index is 2.28. The Morgan fingerprint density at radius 3 is 2.52 bits per heavy atom. The number of esters is 1. The summed E-state index contributed by atoms with van der Waals surface area (Å²) in [6.45, 7) is 7.98. The number of hydrogen-bond acceptors (Lipinski definition) is 5. The summed E-state index contributed by atoms with van der Waals surface area (Å²) in [6, 6.07) is 7.82. The molecule has 0 radical (unpaired) electrons. The highest BCUT2D eigenvalue weighted by atomic mass is 16.5. The van der Waals surface area contributed by atoms with Gasteiger partial charge in [0, 0.05) is 5.56 Å². The summed E-state index contributed by atoms with van der Waals surface area (Å²) in [7, 11) is 0. The molecule has 1 aromatic carbocycles. The van der Waals surface area contributed by atoms with Gasteiger partial charge in [-0.25, -0.2) is 0 Å². The van der Waals surface area contributed by atoms with Crippen LogP contribution >= 0.6 is 0 Å². The highest BCUT2D eigenvalue weighted by Gasteiger charge is 2.31.